The van der Waals surface area contributed by atoms with Crippen LogP contribution in [0, 0.1) is 0 Å². The number of nitrogens with zero attached hydrogens (tertiary/aromatic N) is 1. The molecule has 86 valence electrons. The maximum atomic E-state index is 11.6. The largest absolute Gasteiger partial charge is 0.285 e. The van der Waals surface area contributed by atoms with Crippen molar-refractivity contribution in [2.75, 3.05) is 6.61 Å². The van der Waals surface area contributed by atoms with E-state index in [1.165, 1.54) is 0 Å². The Kier molecular flexibility index (Phi) is 4.19. The lowest BCUT2D eigenvalue weighted by Gasteiger charge is -2.10. The van der Waals surface area contributed by atoms with Gasteiger partial charge in [-0.15, -0.1) is 5.06 Å². The first-order valence-electron chi connectivity index (χ1n) is 5.36. The Morgan fingerprint density at radius 3 is 1.88 bits per heavy atom. The summed E-state index contributed by atoms with van der Waals surface area (Å²) in [6.07, 6.45) is 0. The normalized spacial score (nSPS) is 13.3. The van der Waals surface area contributed by atoms with Gasteiger partial charge in [-0.3, -0.25) is 14.4 Å². The van der Waals surface area contributed by atoms with Gasteiger partial charge in [0.2, 0.25) is 0 Å². The molecule has 0 unspecified atom stereocenters. The summed E-state index contributed by atoms with van der Waals surface area (Å²) < 4.78 is 0. The molecule has 0 atom stereocenters. The zero-order valence-electron chi connectivity index (χ0n) is 9.69. The minimum atomic E-state index is -0.382. The summed E-state index contributed by atoms with van der Waals surface area (Å²) in [5.41, 5.74) is 0.817. The number of hydrogen-bond donors (Lipinski definition) is 0. The molecule has 0 spiro atoms. The van der Waals surface area contributed by atoms with Gasteiger partial charge in [0, 0.05) is 0 Å². The predicted molar refractivity (Wildman–Crippen MR) is 59.9 cm³/mol. The van der Waals surface area contributed by atoms with Crippen LogP contribution in [0.25, 0.3) is 0 Å². The first-order valence-corrected chi connectivity index (χ1v) is 5.36. The van der Waals surface area contributed by atoms with Crippen LogP contribution in [-0.2, 0) is 4.84 Å². The third-order valence-corrected chi connectivity index (χ3v) is 2.01. The van der Waals surface area contributed by atoms with Crippen molar-refractivity contribution in [1.82, 2.24) is 5.06 Å². The number of carbonyl (C=O) groups is 2. The zero-order chi connectivity index (χ0) is 12.1. The fourth-order valence-electron chi connectivity index (χ4n) is 1.41. The highest BCUT2D eigenvalue weighted by Gasteiger charge is 2.35. The number of carbonyl (C=O) groups excluding carboxylic acids is 2. The number of benzene rings is 1. The topological polar surface area (TPSA) is 46.6 Å². The van der Waals surface area contributed by atoms with Crippen molar-refractivity contribution in [3.05, 3.63) is 35.4 Å². The monoisotopic (exact) mass is 221 g/mol. The van der Waals surface area contributed by atoms with Crippen LogP contribution in [0.5, 0.6) is 0 Å². The van der Waals surface area contributed by atoms with Crippen molar-refractivity contribution >= 4 is 11.8 Å². The van der Waals surface area contributed by atoms with Gasteiger partial charge in [-0.25, -0.2) is 0 Å². The summed E-state index contributed by atoms with van der Waals surface area (Å²) in [5.74, 6) is -0.764. The Balaban J connectivity index is 0.000000606. The molecule has 0 saturated carbocycles. The van der Waals surface area contributed by atoms with E-state index in [4.69, 9.17) is 4.84 Å². The molecular formula is C12H15NO3. The molecule has 4 heteroatoms. The fourth-order valence-corrected chi connectivity index (χ4v) is 1.41. The van der Waals surface area contributed by atoms with Crippen LogP contribution in [0.2, 0.25) is 0 Å². The average molecular weight is 221 g/mol. The molecule has 4 nitrogen and oxygen atoms in total. The molecule has 0 aromatic heterocycles. The summed E-state index contributed by atoms with van der Waals surface area (Å²) in [7, 11) is 0. The zero-order valence-corrected chi connectivity index (χ0v) is 9.69. The maximum Gasteiger partial charge on any atom is 0.285 e. The highest BCUT2D eigenvalue weighted by atomic mass is 16.7. The number of fused-ring (bicyclic) bond motifs is 1. The molecule has 0 aliphatic carbocycles. The molecule has 2 rings (SSSR count). The van der Waals surface area contributed by atoms with Crippen molar-refractivity contribution in [3.8, 4) is 0 Å². The summed E-state index contributed by atoms with van der Waals surface area (Å²) in [5, 5.41) is 0.810. The summed E-state index contributed by atoms with van der Waals surface area (Å²) >= 11 is 0. The Morgan fingerprint density at radius 2 is 1.50 bits per heavy atom. The number of imide groups is 1. The van der Waals surface area contributed by atoms with Crippen LogP contribution in [0.1, 0.15) is 41.5 Å². The number of rotatable bonds is 2. The van der Waals surface area contributed by atoms with Gasteiger partial charge in [-0.1, -0.05) is 26.0 Å². The Labute approximate surface area is 94.8 Å². The second-order valence-corrected chi connectivity index (χ2v) is 2.87. The lowest BCUT2D eigenvalue weighted by molar-refractivity contribution is -0.0863. The van der Waals surface area contributed by atoms with Crippen LogP contribution in [0.3, 0.4) is 0 Å². The quantitative estimate of drug-likeness (QED) is 0.719. The number of amides is 2. The van der Waals surface area contributed by atoms with Crippen molar-refractivity contribution < 1.29 is 14.4 Å². The van der Waals surface area contributed by atoms with E-state index in [1.807, 2.05) is 13.8 Å². The number of hydroxylamine groups is 2. The maximum absolute atomic E-state index is 11.6. The number of hydrogen-bond acceptors (Lipinski definition) is 3. The molecule has 1 aliphatic heterocycles. The first-order chi connectivity index (χ1) is 7.75. The summed E-state index contributed by atoms with van der Waals surface area (Å²) in [6.45, 7) is 6.02. The van der Waals surface area contributed by atoms with Gasteiger partial charge in [-0.05, 0) is 19.1 Å². The molecule has 0 bridgehead atoms. The van der Waals surface area contributed by atoms with Crippen molar-refractivity contribution in [2.24, 2.45) is 0 Å². The van der Waals surface area contributed by atoms with Gasteiger partial charge in [0.1, 0.15) is 0 Å². The van der Waals surface area contributed by atoms with E-state index in [2.05, 4.69) is 0 Å². The molecule has 1 heterocycles. The van der Waals surface area contributed by atoms with Gasteiger partial charge in [0.05, 0.1) is 17.7 Å². The molecule has 2 amide bonds. The van der Waals surface area contributed by atoms with Crippen LogP contribution in [0.15, 0.2) is 24.3 Å². The molecular weight excluding hydrogens is 206 g/mol. The van der Waals surface area contributed by atoms with E-state index in [0.717, 1.165) is 5.06 Å². The van der Waals surface area contributed by atoms with Crippen LogP contribution >= 0.6 is 0 Å². The highest BCUT2D eigenvalue weighted by Crippen LogP contribution is 2.22. The van der Waals surface area contributed by atoms with Gasteiger partial charge in [0.25, 0.3) is 11.8 Å². The van der Waals surface area contributed by atoms with Crippen LogP contribution < -0.4 is 0 Å². The molecule has 0 saturated heterocycles. The third-order valence-electron chi connectivity index (χ3n) is 2.01. The first kappa shape index (κ1) is 12.4. The smallest absolute Gasteiger partial charge is 0.266 e. The average Bonchev–Trinajstić information content (AvgIpc) is 2.58. The van der Waals surface area contributed by atoms with Gasteiger partial charge in [0.15, 0.2) is 0 Å². The SMILES string of the molecule is CC.CCON1C(=O)c2ccccc2C1=O. The van der Waals surface area contributed by atoms with E-state index < -0.39 is 0 Å². The van der Waals surface area contributed by atoms with Crippen molar-refractivity contribution in [3.63, 3.8) is 0 Å². The van der Waals surface area contributed by atoms with E-state index in [9.17, 15) is 9.59 Å². The highest BCUT2D eigenvalue weighted by molar-refractivity contribution is 6.20. The molecule has 1 aromatic carbocycles. The summed E-state index contributed by atoms with van der Waals surface area (Å²) in [4.78, 5) is 28.1. The van der Waals surface area contributed by atoms with Crippen LogP contribution in [0.4, 0.5) is 0 Å². The standard InChI is InChI=1S/C10H9NO3.C2H6/c1-2-14-11-9(12)7-5-3-4-6-8(7)10(11)13;1-2/h3-6H,2H2,1H3;1-2H3. The van der Waals surface area contributed by atoms with E-state index in [0.29, 0.717) is 17.7 Å². The van der Waals surface area contributed by atoms with Crippen LogP contribution in [-0.4, -0.2) is 23.5 Å². The molecule has 0 fully saturated rings. The third kappa shape index (κ3) is 1.97. The fraction of sp³-hybridized carbons (Fsp3) is 0.333. The molecule has 0 N–H and O–H groups in total. The van der Waals surface area contributed by atoms with E-state index in [-0.39, 0.29) is 11.8 Å². The Bertz CT molecular complexity index is 366. The lowest BCUT2D eigenvalue weighted by Crippen LogP contribution is -2.29. The Hall–Kier alpha value is -1.68. The molecule has 16 heavy (non-hydrogen) atoms. The lowest BCUT2D eigenvalue weighted by atomic mass is 10.1. The summed E-state index contributed by atoms with van der Waals surface area (Å²) in [6, 6.07) is 6.68. The molecule has 0 radical (unpaired) electrons. The van der Waals surface area contributed by atoms with Gasteiger partial charge in [-0.2, -0.15) is 0 Å². The minimum absolute atomic E-state index is 0.297. The van der Waals surface area contributed by atoms with Crippen molar-refractivity contribution in [2.45, 2.75) is 20.8 Å². The molecule has 1 aliphatic rings. The Morgan fingerprint density at radius 1 is 1.06 bits per heavy atom. The van der Waals surface area contributed by atoms with Gasteiger partial charge < -0.3 is 0 Å². The minimum Gasteiger partial charge on any atom is -0.266 e. The van der Waals surface area contributed by atoms with E-state index in [1.54, 1.807) is 31.2 Å². The molecule has 1 aromatic rings. The second-order valence-electron chi connectivity index (χ2n) is 2.87. The predicted octanol–water partition coefficient (Wildman–Crippen LogP) is 2.26. The van der Waals surface area contributed by atoms with Crippen molar-refractivity contribution in [1.29, 1.82) is 0 Å². The second kappa shape index (κ2) is 5.42. The van der Waals surface area contributed by atoms with Gasteiger partial charge >= 0.3 is 0 Å². The van der Waals surface area contributed by atoms with E-state index >= 15 is 0 Å².